The number of ether oxygens (including phenoxy) is 1. The Hall–Kier alpha value is -2.78. The summed E-state index contributed by atoms with van der Waals surface area (Å²) in [5.41, 5.74) is 1.28. The van der Waals surface area contributed by atoms with Gasteiger partial charge in [0, 0.05) is 63.8 Å². The molecule has 0 bridgehead atoms. The molecule has 1 amide bonds. The van der Waals surface area contributed by atoms with E-state index in [9.17, 15) is 9.59 Å². The molecule has 9 nitrogen and oxygen atoms in total. The normalized spacial score (nSPS) is 20.2. The van der Waals surface area contributed by atoms with E-state index in [4.69, 9.17) is 9.72 Å². The van der Waals surface area contributed by atoms with Crippen molar-refractivity contribution in [3.05, 3.63) is 40.9 Å². The van der Waals surface area contributed by atoms with Crippen molar-refractivity contribution in [1.29, 1.82) is 0 Å². The summed E-state index contributed by atoms with van der Waals surface area (Å²) in [6, 6.07) is 5.16. The number of anilines is 1. The maximum Gasteiger partial charge on any atom is 0.255 e. The molecule has 2 saturated heterocycles. The third kappa shape index (κ3) is 3.76. The van der Waals surface area contributed by atoms with Gasteiger partial charge in [-0.1, -0.05) is 0 Å². The van der Waals surface area contributed by atoms with Crippen molar-refractivity contribution in [3.63, 3.8) is 0 Å². The summed E-state index contributed by atoms with van der Waals surface area (Å²) >= 11 is 0. The van der Waals surface area contributed by atoms with Crippen molar-refractivity contribution in [2.24, 2.45) is 7.05 Å². The molecule has 9 heteroatoms. The lowest BCUT2D eigenvalue weighted by atomic mass is 10.2. The molecule has 0 saturated carbocycles. The Kier molecular flexibility index (Phi) is 5.36. The van der Waals surface area contributed by atoms with Crippen LogP contribution in [0, 0.1) is 0 Å². The van der Waals surface area contributed by atoms with Crippen LogP contribution in [0.15, 0.2) is 35.4 Å². The molecule has 0 aromatic carbocycles. The quantitative estimate of drug-likeness (QED) is 0.761. The van der Waals surface area contributed by atoms with Crippen molar-refractivity contribution in [3.8, 4) is 11.3 Å². The zero-order valence-corrected chi connectivity index (χ0v) is 15.9. The Labute approximate surface area is 163 Å². The van der Waals surface area contributed by atoms with E-state index in [0.29, 0.717) is 44.4 Å². The first-order valence-corrected chi connectivity index (χ1v) is 9.48. The zero-order chi connectivity index (χ0) is 19.5. The second-order valence-corrected chi connectivity index (χ2v) is 6.96. The van der Waals surface area contributed by atoms with Crippen molar-refractivity contribution < 1.29 is 9.53 Å². The Morgan fingerprint density at radius 3 is 2.71 bits per heavy atom. The Balaban J connectivity index is 1.58. The maximum atomic E-state index is 12.8. The van der Waals surface area contributed by atoms with Crippen LogP contribution in [0.3, 0.4) is 0 Å². The fourth-order valence-electron chi connectivity index (χ4n) is 3.55. The lowest BCUT2D eigenvalue weighted by molar-refractivity contribution is -0.145. The van der Waals surface area contributed by atoms with Crippen molar-refractivity contribution in [2.75, 3.05) is 50.8 Å². The molecule has 148 valence electrons. The number of nitrogens with one attached hydrogen (secondary N) is 1. The molecule has 0 radical (unpaired) electrons. The predicted octanol–water partition coefficient (Wildman–Crippen LogP) is -0.521. The van der Waals surface area contributed by atoms with Crippen LogP contribution in [-0.2, 0) is 16.6 Å². The average Bonchev–Trinajstić information content (AvgIpc) is 2.76. The Morgan fingerprint density at radius 2 is 1.96 bits per heavy atom. The first kappa shape index (κ1) is 18.6. The minimum atomic E-state index is -0.548. The van der Waals surface area contributed by atoms with E-state index in [1.54, 1.807) is 19.4 Å². The van der Waals surface area contributed by atoms with E-state index in [-0.39, 0.29) is 11.5 Å². The molecular formula is C19H24N6O3. The molecule has 4 heterocycles. The van der Waals surface area contributed by atoms with Crippen LogP contribution in [0.5, 0.6) is 0 Å². The molecule has 2 aliphatic rings. The summed E-state index contributed by atoms with van der Waals surface area (Å²) < 4.78 is 7.27. The van der Waals surface area contributed by atoms with Gasteiger partial charge < -0.3 is 19.9 Å². The van der Waals surface area contributed by atoms with Crippen LogP contribution >= 0.6 is 0 Å². The highest BCUT2D eigenvalue weighted by Crippen LogP contribution is 2.20. The topological polar surface area (TPSA) is 92.6 Å². The number of carbonyl (C=O) groups excluding carboxylic acids is 1. The molecule has 2 fully saturated rings. The van der Waals surface area contributed by atoms with Gasteiger partial charge in [-0.15, -0.1) is 0 Å². The van der Waals surface area contributed by atoms with E-state index in [1.165, 1.54) is 10.6 Å². The third-order valence-electron chi connectivity index (χ3n) is 5.14. The van der Waals surface area contributed by atoms with Crippen LogP contribution in [0.2, 0.25) is 0 Å². The van der Waals surface area contributed by atoms with Gasteiger partial charge in [-0.05, 0) is 12.1 Å². The van der Waals surface area contributed by atoms with Gasteiger partial charge in [-0.25, -0.2) is 4.98 Å². The van der Waals surface area contributed by atoms with E-state index in [1.807, 2.05) is 21.9 Å². The number of aromatic nitrogens is 3. The van der Waals surface area contributed by atoms with Crippen LogP contribution < -0.4 is 15.8 Å². The minimum absolute atomic E-state index is 0.00138. The van der Waals surface area contributed by atoms with Gasteiger partial charge in [-0.2, -0.15) is 0 Å². The summed E-state index contributed by atoms with van der Waals surface area (Å²) in [5.74, 6) is 0.544. The number of piperazine rings is 1. The molecule has 1 unspecified atom stereocenters. The monoisotopic (exact) mass is 384 g/mol. The van der Waals surface area contributed by atoms with Crippen molar-refractivity contribution in [2.45, 2.75) is 6.10 Å². The molecular weight excluding hydrogens is 360 g/mol. The molecule has 28 heavy (non-hydrogen) atoms. The first-order chi connectivity index (χ1) is 13.6. The fourth-order valence-corrected chi connectivity index (χ4v) is 3.55. The first-order valence-electron chi connectivity index (χ1n) is 9.48. The van der Waals surface area contributed by atoms with Crippen LogP contribution in [-0.4, -0.2) is 77.3 Å². The van der Waals surface area contributed by atoms with E-state index in [0.717, 1.165) is 18.7 Å². The third-order valence-corrected chi connectivity index (χ3v) is 5.14. The predicted molar refractivity (Wildman–Crippen MR) is 104 cm³/mol. The number of rotatable bonds is 3. The minimum Gasteiger partial charge on any atom is -0.365 e. The Bertz CT molecular complexity index is 894. The summed E-state index contributed by atoms with van der Waals surface area (Å²) in [7, 11) is 1.70. The van der Waals surface area contributed by atoms with Gasteiger partial charge >= 0.3 is 0 Å². The average molecular weight is 384 g/mol. The molecule has 2 aliphatic heterocycles. The zero-order valence-electron chi connectivity index (χ0n) is 15.9. The number of morpholine rings is 1. The van der Waals surface area contributed by atoms with E-state index < -0.39 is 6.10 Å². The SMILES string of the molecule is Cn1c(N2CCOC(C(=O)N3CCNCC3)C2)nc(-c2ccncc2)cc1=O. The van der Waals surface area contributed by atoms with Gasteiger partial charge in [0.15, 0.2) is 6.10 Å². The number of amides is 1. The highest BCUT2D eigenvalue weighted by Gasteiger charge is 2.32. The van der Waals surface area contributed by atoms with Crippen molar-refractivity contribution in [1.82, 2.24) is 24.8 Å². The van der Waals surface area contributed by atoms with Crippen LogP contribution in [0.1, 0.15) is 0 Å². The second kappa shape index (κ2) is 8.07. The fraction of sp³-hybridized carbons (Fsp3) is 0.474. The highest BCUT2D eigenvalue weighted by atomic mass is 16.5. The lowest BCUT2D eigenvalue weighted by Gasteiger charge is -2.37. The van der Waals surface area contributed by atoms with Gasteiger partial charge in [0.05, 0.1) is 18.8 Å². The van der Waals surface area contributed by atoms with Crippen molar-refractivity contribution >= 4 is 11.9 Å². The summed E-state index contributed by atoms with van der Waals surface area (Å²) in [5, 5.41) is 3.24. The highest BCUT2D eigenvalue weighted by molar-refractivity contribution is 5.82. The molecule has 2 aromatic heterocycles. The van der Waals surface area contributed by atoms with Gasteiger partial charge in [-0.3, -0.25) is 19.1 Å². The van der Waals surface area contributed by atoms with E-state index in [2.05, 4.69) is 10.3 Å². The van der Waals surface area contributed by atoms with Gasteiger partial charge in [0.1, 0.15) is 0 Å². The summed E-state index contributed by atoms with van der Waals surface area (Å²) in [4.78, 5) is 37.8. The smallest absolute Gasteiger partial charge is 0.255 e. The Morgan fingerprint density at radius 1 is 1.21 bits per heavy atom. The van der Waals surface area contributed by atoms with E-state index >= 15 is 0 Å². The summed E-state index contributed by atoms with van der Waals surface area (Å²) in [6.45, 7) is 4.34. The van der Waals surface area contributed by atoms with Crippen LogP contribution in [0.4, 0.5) is 5.95 Å². The molecule has 1 N–H and O–H groups in total. The molecule has 0 aliphatic carbocycles. The largest absolute Gasteiger partial charge is 0.365 e. The van der Waals surface area contributed by atoms with Crippen LogP contribution in [0.25, 0.3) is 11.3 Å². The maximum absolute atomic E-state index is 12.8. The molecule has 0 spiro atoms. The molecule has 1 atom stereocenters. The number of nitrogens with zero attached hydrogens (tertiary/aromatic N) is 5. The van der Waals surface area contributed by atoms with Gasteiger partial charge in [0.2, 0.25) is 5.95 Å². The standard InChI is InChI=1S/C19H24N6O3/c1-23-17(26)12-15(14-2-4-20-5-3-14)22-19(23)25-10-11-28-16(13-25)18(27)24-8-6-21-7-9-24/h2-5,12,16,21H,6-11,13H2,1H3. The second-order valence-electron chi connectivity index (χ2n) is 6.96. The number of pyridine rings is 1. The molecule has 2 aromatic rings. The number of hydrogen-bond acceptors (Lipinski definition) is 7. The lowest BCUT2D eigenvalue weighted by Crippen LogP contribution is -2.55. The summed E-state index contributed by atoms with van der Waals surface area (Å²) in [6.07, 6.45) is 2.80. The number of carbonyl (C=O) groups is 1. The molecule has 4 rings (SSSR count). The van der Waals surface area contributed by atoms with Gasteiger partial charge in [0.25, 0.3) is 11.5 Å². The number of hydrogen-bond donors (Lipinski definition) is 1.